The molecule has 0 atom stereocenters. The molecule has 0 saturated heterocycles. The van der Waals surface area contributed by atoms with Crippen LogP contribution in [0.3, 0.4) is 0 Å². The van der Waals surface area contributed by atoms with Gasteiger partial charge in [0.15, 0.2) is 5.65 Å². The average Bonchev–Trinajstić information content (AvgIpc) is 2.75. The van der Waals surface area contributed by atoms with E-state index in [4.69, 9.17) is 0 Å². The summed E-state index contributed by atoms with van der Waals surface area (Å²) in [6.07, 6.45) is 2.60. The van der Waals surface area contributed by atoms with E-state index >= 15 is 0 Å². The third-order valence-corrected chi connectivity index (χ3v) is 2.43. The summed E-state index contributed by atoms with van der Waals surface area (Å²) in [6, 6.07) is 6.22. The van der Waals surface area contributed by atoms with Crippen molar-refractivity contribution in [3.8, 4) is 11.6 Å². The Morgan fingerprint density at radius 1 is 1.18 bits per heavy atom. The van der Waals surface area contributed by atoms with Crippen LogP contribution < -0.4 is 0 Å². The first kappa shape index (κ1) is 9.71. The molecule has 3 rings (SSSR count). The van der Waals surface area contributed by atoms with Crippen molar-refractivity contribution in [3.63, 3.8) is 0 Å². The molecule has 2 heterocycles. The van der Waals surface area contributed by atoms with Gasteiger partial charge in [-0.05, 0) is 12.1 Å². The maximum Gasteiger partial charge on any atom is 0.225 e. The zero-order valence-electron chi connectivity index (χ0n) is 8.58. The number of aromatic nitrogens is 4. The van der Waals surface area contributed by atoms with Crippen molar-refractivity contribution in [3.05, 3.63) is 42.6 Å². The molecule has 0 unspecified atom stereocenters. The fourth-order valence-corrected chi connectivity index (χ4v) is 1.63. The minimum absolute atomic E-state index is 0.169. The lowest BCUT2D eigenvalue weighted by molar-refractivity contribution is 0.459. The van der Waals surface area contributed by atoms with Crippen LogP contribution in [0, 0.1) is 5.82 Å². The van der Waals surface area contributed by atoms with Gasteiger partial charge < -0.3 is 5.11 Å². The minimum Gasteiger partial charge on any atom is -0.493 e. The Bertz CT molecular complexity index is 695. The number of rotatable bonds is 1. The van der Waals surface area contributed by atoms with Gasteiger partial charge in [0.25, 0.3) is 0 Å². The van der Waals surface area contributed by atoms with Crippen molar-refractivity contribution < 1.29 is 9.50 Å². The standard InChI is InChI=1S/C11H7FN4O/c12-8-3-1-2-4-9(8)16-10-7(5-15-16)11(17)14-6-13-10/h1-6H,(H,13,14,17). The predicted octanol–water partition coefficient (Wildman–Crippen LogP) is 1.66. The maximum absolute atomic E-state index is 13.6. The molecule has 2 aromatic heterocycles. The Hall–Kier alpha value is -2.50. The van der Waals surface area contributed by atoms with E-state index in [0.717, 1.165) is 0 Å². The van der Waals surface area contributed by atoms with Crippen molar-refractivity contribution in [1.29, 1.82) is 0 Å². The number of fused-ring (bicyclic) bond motifs is 1. The molecule has 1 aromatic carbocycles. The molecule has 0 aliphatic carbocycles. The summed E-state index contributed by atoms with van der Waals surface area (Å²) >= 11 is 0. The quantitative estimate of drug-likeness (QED) is 0.690. The van der Waals surface area contributed by atoms with Crippen LogP contribution in [0.5, 0.6) is 5.88 Å². The van der Waals surface area contributed by atoms with Gasteiger partial charge in [0.05, 0.1) is 6.20 Å². The monoisotopic (exact) mass is 230 g/mol. The van der Waals surface area contributed by atoms with Crippen LogP contribution in [0.15, 0.2) is 36.8 Å². The van der Waals surface area contributed by atoms with Gasteiger partial charge in [0.2, 0.25) is 5.88 Å². The number of halogens is 1. The molecule has 3 aromatic rings. The summed E-state index contributed by atoms with van der Waals surface area (Å²) in [7, 11) is 0. The van der Waals surface area contributed by atoms with Crippen LogP contribution in [-0.4, -0.2) is 24.9 Å². The summed E-state index contributed by atoms with van der Waals surface area (Å²) in [4.78, 5) is 7.62. The van der Waals surface area contributed by atoms with Crippen LogP contribution in [0.4, 0.5) is 4.39 Å². The van der Waals surface area contributed by atoms with E-state index in [1.165, 1.54) is 23.3 Å². The number of hydrogen-bond donors (Lipinski definition) is 1. The normalized spacial score (nSPS) is 10.9. The fraction of sp³-hybridized carbons (Fsp3) is 0. The summed E-state index contributed by atoms with van der Waals surface area (Å²) in [6.45, 7) is 0. The summed E-state index contributed by atoms with van der Waals surface area (Å²) in [5, 5.41) is 13.9. The molecule has 0 fully saturated rings. The first-order valence-corrected chi connectivity index (χ1v) is 4.90. The van der Waals surface area contributed by atoms with Crippen molar-refractivity contribution in [2.45, 2.75) is 0 Å². The van der Waals surface area contributed by atoms with Gasteiger partial charge in [0, 0.05) is 0 Å². The lowest BCUT2D eigenvalue weighted by atomic mass is 10.3. The van der Waals surface area contributed by atoms with Gasteiger partial charge in [-0.15, -0.1) is 0 Å². The topological polar surface area (TPSA) is 63.8 Å². The number of para-hydroxylation sites is 1. The lowest BCUT2D eigenvalue weighted by Gasteiger charge is -2.03. The Labute approximate surface area is 95.2 Å². The van der Waals surface area contributed by atoms with Gasteiger partial charge >= 0.3 is 0 Å². The van der Waals surface area contributed by atoms with Gasteiger partial charge in [-0.2, -0.15) is 5.10 Å². The molecule has 0 amide bonds. The molecule has 1 N–H and O–H groups in total. The second-order valence-electron chi connectivity index (χ2n) is 3.44. The van der Waals surface area contributed by atoms with Crippen LogP contribution in [0.2, 0.25) is 0 Å². The van der Waals surface area contributed by atoms with E-state index < -0.39 is 5.82 Å². The number of aromatic hydroxyl groups is 1. The molecule has 6 heteroatoms. The average molecular weight is 230 g/mol. The molecule has 0 spiro atoms. The van der Waals surface area contributed by atoms with E-state index in [9.17, 15) is 9.50 Å². The molecule has 0 radical (unpaired) electrons. The largest absolute Gasteiger partial charge is 0.493 e. The highest BCUT2D eigenvalue weighted by atomic mass is 19.1. The predicted molar refractivity (Wildman–Crippen MR) is 58.3 cm³/mol. The van der Waals surface area contributed by atoms with Gasteiger partial charge in [-0.3, -0.25) is 0 Å². The van der Waals surface area contributed by atoms with Crippen LogP contribution in [0.1, 0.15) is 0 Å². The molecule has 0 aliphatic rings. The number of nitrogens with zero attached hydrogens (tertiary/aromatic N) is 4. The van der Waals surface area contributed by atoms with E-state index in [2.05, 4.69) is 15.1 Å². The highest BCUT2D eigenvalue weighted by Crippen LogP contribution is 2.22. The van der Waals surface area contributed by atoms with Gasteiger partial charge in [-0.25, -0.2) is 19.0 Å². The Morgan fingerprint density at radius 2 is 2.00 bits per heavy atom. The zero-order chi connectivity index (χ0) is 11.8. The zero-order valence-corrected chi connectivity index (χ0v) is 8.58. The molecular weight excluding hydrogens is 223 g/mol. The Balaban J connectivity index is 2.33. The SMILES string of the molecule is Oc1ncnc2c1cnn2-c1ccccc1F. The Kier molecular flexibility index (Phi) is 2.01. The van der Waals surface area contributed by atoms with Crippen LogP contribution in [-0.2, 0) is 0 Å². The molecule has 17 heavy (non-hydrogen) atoms. The minimum atomic E-state index is -0.407. The van der Waals surface area contributed by atoms with Crippen LogP contribution in [0.25, 0.3) is 16.7 Å². The molecule has 0 aliphatic heterocycles. The summed E-state index contributed by atoms with van der Waals surface area (Å²) < 4.78 is 14.9. The second kappa shape index (κ2) is 3.51. The van der Waals surface area contributed by atoms with Crippen molar-refractivity contribution in [2.24, 2.45) is 0 Å². The van der Waals surface area contributed by atoms with Crippen LogP contribution >= 0.6 is 0 Å². The van der Waals surface area contributed by atoms with E-state index in [-0.39, 0.29) is 11.6 Å². The maximum atomic E-state index is 13.6. The second-order valence-corrected chi connectivity index (χ2v) is 3.44. The lowest BCUT2D eigenvalue weighted by Crippen LogP contribution is -2.00. The molecular formula is C11H7FN4O. The Morgan fingerprint density at radius 3 is 2.82 bits per heavy atom. The van der Waals surface area contributed by atoms with E-state index in [1.54, 1.807) is 18.2 Å². The first-order chi connectivity index (χ1) is 8.27. The van der Waals surface area contributed by atoms with E-state index in [0.29, 0.717) is 11.0 Å². The highest BCUT2D eigenvalue weighted by molar-refractivity contribution is 5.80. The summed E-state index contributed by atoms with van der Waals surface area (Å²) in [5.41, 5.74) is 0.642. The van der Waals surface area contributed by atoms with Crippen molar-refractivity contribution in [1.82, 2.24) is 19.7 Å². The number of hydrogen-bond acceptors (Lipinski definition) is 4. The van der Waals surface area contributed by atoms with E-state index in [1.807, 2.05) is 0 Å². The molecule has 84 valence electrons. The van der Waals surface area contributed by atoms with Crippen molar-refractivity contribution in [2.75, 3.05) is 0 Å². The van der Waals surface area contributed by atoms with Gasteiger partial charge in [0.1, 0.15) is 23.2 Å². The first-order valence-electron chi connectivity index (χ1n) is 4.90. The smallest absolute Gasteiger partial charge is 0.225 e. The molecule has 0 saturated carbocycles. The molecule has 0 bridgehead atoms. The third-order valence-electron chi connectivity index (χ3n) is 2.43. The van der Waals surface area contributed by atoms with Gasteiger partial charge in [-0.1, -0.05) is 12.1 Å². The third kappa shape index (κ3) is 1.42. The fourth-order valence-electron chi connectivity index (χ4n) is 1.63. The number of benzene rings is 1. The molecule has 5 nitrogen and oxygen atoms in total. The highest BCUT2D eigenvalue weighted by Gasteiger charge is 2.12. The van der Waals surface area contributed by atoms with Crippen molar-refractivity contribution >= 4 is 11.0 Å². The summed E-state index contributed by atoms with van der Waals surface area (Å²) in [5.74, 6) is -0.576.